The molecular weight excluding hydrogens is 262 g/mol. The molecule has 0 bridgehead atoms. The SMILES string of the molecule is CC1CCC(C)N(c2nc(C(=O)O)ccc2[N+](=O)[O-])C1. The molecule has 1 aliphatic heterocycles. The first-order valence-corrected chi connectivity index (χ1v) is 6.55. The van der Waals surface area contributed by atoms with Gasteiger partial charge in [-0.1, -0.05) is 6.92 Å². The molecule has 1 saturated heterocycles. The second kappa shape index (κ2) is 5.44. The summed E-state index contributed by atoms with van der Waals surface area (Å²) in [5.74, 6) is -0.617. The third-order valence-electron chi connectivity index (χ3n) is 3.66. The Labute approximate surface area is 116 Å². The number of carbonyl (C=O) groups is 1. The molecule has 2 atom stereocenters. The molecule has 0 amide bonds. The number of nitrogens with zero attached hydrogens (tertiary/aromatic N) is 3. The van der Waals surface area contributed by atoms with E-state index in [2.05, 4.69) is 11.9 Å². The van der Waals surface area contributed by atoms with Gasteiger partial charge in [0.2, 0.25) is 5.82 Å². The molecule has 0 aliphatic carbocycles. The van der Waals surface area contributed by atoms with Gasteiger partial charge in [0.15, 0.2) is 5.69 Å². The van der Waals surface area contributed by atoms with Gasteiger partial charge < -0.3 is 10.0 Å². The van der Waals surface area contributed by atoms with Crippen LogP contribution in [0.2, 0.25) is 0 Å². The topological polar surface area (TPSA) is 96.6 Å². The maximum Gasteiger partial charge on any atom is 0.354 e. The van der Waals surface area contributed by atoms with Gasteiger partial charge in [-0.3, -0.25) is 10.1 Å². The highest BCUT2D eigenvalue weighted by Gasteiger charge is 2.30. The zero-order chi connectivity index (χ0) is 14.9. The predicted molar refractivity (Wildman–Crippen MR) is 73.1 cm³/mol. The lowest BCUT2D eigenvalue weighted by Gasteiger charge is -2.37. The third kappa shape index (κ3) is 2.71. The quantitative estimate of drug-likeness (QED) is 0.673. The van der Waals surface area contributed by atoms with Crippen LogP contribution in [0.4, 0.5) is 11.5 Å². The lowest BCUT2D eigenvalue weighted by atomic mass is 9.95. The number of hydrogen-bond donors (Lipinski definition) is 1. The Kier molecular flexibility index (Phi) is 3.87. The molecule has 7 nitrogen and oxygen atoms in total. The molecule has 1 aliphatic rings. The fourth-order valence-electron chi connectivity index (χ4n) is 2.50. The number of aromatic carboxylic acids is 1. The van der Waals surface area contributed by atoms with Crippen LogP contribution in [0.15, 0.2) is 12.1 Å². The van der Waals surface area contributed by atoms with E-state index in [0.717, 1.165) is 12.8 Å². The number of carboxylic acids is 1. The molecule has 20 heavy (non-hydrogen) atoms. The second-order valence-corrected chi connectivity index (χ2v) is 5.29. The van der Waals surface area contributed by atoms with Crippen molar-refractivity contribution in [3.05, 3.63) is 27.9 Å². The van der Waals surface area contributed by atoms with E-state index in [1.165, 1.54) is 12.1 Å². The molecule has 2 heterocycles. The molecule has 7 heteroatoms. The van der Waals surface area contributed by atoms with E-state index in [9.17, 15) is 14.9 Å². The largest absolute Gasteiger partial charge is 0.477 e. The first kappa shape index (κ1) is 14.2. The number of rotatable bonds is 3. The summed E-state index contributed by atoms with van der Waals surface area (Å²) in [5, 5.41) is 20.1. The summed E-state index contributed by atoms with van der Waals surface area (Å²) in [6.07, 6.45) is 1.97. The Morgan fingerprint density at radius 3 is 2.75 bits per heavy atom. The van der Waals surface area contributed by atoms with Gasteiger partial charge in [0.25, 0.3) is 0 Å². The summed E-state index contributed by atoms with van der Waals surface area (Å²) >= 11 is 0. The van der Waals surface area contributed by atoms with Crippen molar-refractivity contribution in [3.8, 4) is 0 Å². The van der Waals surface area contributed by atoms with Crippen LogP contribution < -0.4 is 4.90 Å². The zero-order valence-electron chi connectivity index (χ0n) is 11.4. The molecule has 1 fully saturated rings. The number of aromatic nitrogens is 1. The Morgan fingerprint density at radius 1 is 1.45 bits per heavy atom. The lowest BCUT2D eigenvalue weighted by Crippen LogP contribution is -2.42. The van der Waals surface area contributed by atoms with Gasteiger partial charge in [0, 0.05) is 18.7 Å². The van der Waals surface area contributed by atoms with Gasteiger partial charge in [-0.25, -0.2) is 9.78 Å². The summed E-state index contributed by atoms with van der Waals surface area (Å²) in [7, 11) is 0. The molecule has 0 aromatic carbocycles. The number of piperidine rings is 1. The summed E-state index contributed by atoms with van der Waals surface area (Å²) in [6.45, 7) is 4.70. The minimum Gasteiger partial charge on any atom is -0.477 e. The first-order valence-electron chi connectivity index (χ1n) is 6.55. The van der Waals surface area contributed by atoms with Gasteiger partial charge in [-0.2, -0.15) is 0 Å². The van der Waals surface area contributed by atoms with Gasteiger partial charge >= 0.3 is 11.7 Å². The minimum atomic E-state index is -1.18. The summed E-state index contributed by atoms with van der Waals surface area (Å²) in [6, 6.07) is 2.50. The van der Waals surface area contributed by atoms with Crippen LogP contribution in [0.5, 0.6) is 0 Å². The first-order chi connectivity index (χ1) is 9.40. The van der Waals surface area contributed by atoms with Crippen molar-refractivity contribution in [2.24, 2.45) is 5.92 Å². The second-order valence-electron chi connectivity index (χ2n) is 5.29. The van der Waals surface area contributed by atoms with E-state index in [1.54, 1.807) is 0 Å². The van der Waals surface area contributed by atoms with Crippen molar-refractivity contribution < 1.29 is 14.8 Å². The molecule has 0 spiro atoms. The highest BCUT2D eigenvalue weighted by Crippen LogP contribution is 2.32. The van der Waals surface area contributed by atoms with Gasteiger partial charge in [0.1, 0.15) is 0 Å². The summed E-state index contributed by atoms with van der Waals surface area (Å²) in [4.78, 5) is 27.5. The smallest absolute Gasteiger partial charge is 0.354 e. The van der Waals surface area contributed by atoms with E-state index in [0.29, 0.717) is 12.5 Å². The molecule has 108 valence electrons. The van der Waals surface area contributed by atoms with Crippen molar-refractivity contribution in [1.82, 2.24) is 4.98 Å². The maximum absolute atomic E-state index is 11.1. The average Bonchev–Trinajstić information content (AvgIpc) is 2.40. The van der Waals surface area contributed by atoms with E-state index in [1.807, 2.05) is 11.8 Å². The number of anilines is 1. The molecule has 2 unspecified atom stereocenters. The number of hydrogen-bond acceptors (Lipinski definition) is 5. The fraction of sp³-hybridized carbons (Fsp3) is 0.538. The van der Waals surface area contributed by atoms with Crippen LogP contribution in [0.3, 0.4) is 0 Å². The van der Waals surface area contributed by atoms with Gasteiger partial charge in [-0.05, 0) is 31.7 Å². The summed E-state index contributed by atoms with van der Waals surface area (Å²) in [5.41, 5.74) is -0.313. The van der Waals surface area contributed by atoms with Crippen LogP contribution >= 0.6 is 0 Å². The van der Waals surface area contributed by atoms with E-state index >= 15 is 0 Å². The van der Waals surface area contributed by atoms with E-state index < -0.39 is 10.9 Å². The van der Waals surface area contributed by atoms with Crippen molar-refractivity contribution >= 4 is 17.5 Å². The number of carboxylic acid groups (broad SMARTS) is 1. The lowest BCUT2D eigenvalue weighted by molar-refractivity contribution is -0.384. The third-order valence-corrected chi connectivity index (χ3v) is 3.66. The highest BCUT2D eigenvalue weighted by molar-refractivity contribution is 5.86. The normalized spacial score (nSPS) is 22.6. The van der Waals surface area contributed by atoms with Crippen molar-refractivity contribution in [2.75, 3.05) is 11.4 Å². The molecule has 0 saturated carbocycles. The summed E-state index contributed by atoms with van der Waals surface area (Å²) < 4.78 is 0. The van der Waals surface area contributed by atoms with Crippen molar-refractivity contribution in [1.29, 1.82) is 0 Å². The van der Waals surface area contributed by atoms with Crippen molar-refractivity contribution in [2.45, 2.75) is 32.7 Å². The van der Waals surface area contributed by atoms with Crippen LogP contribution in [-0.2, 0) is 0 Å². The van der Waals surface area contributed by atoms with Gasteiger partial charge in [0.05, 0.1) is 4.92 Å². The van der Waals surface area contributed by atoms with Gasteiger partial charge in [-0.15, -0.1) is 0 Å². The van der Waals surface area contributed by atoms with Crippen LogP contribution in [-0.4, -0.2) is 33.6 Å². The Bertz CT molecular complexity index is 546. The maximum atomic E-state index is 11.1. The average molecular weight is 279 g/mol. The van der Waals surface area contributed by atoms with Crippen LogP contribution in [0.25, 0.3) is 0 Å². The van der Waals surface area contributed by atoms with Crippen molar-refractivity contribution in [3.63, 3.8) is 0 Å². The minimum absolute atomic E-state index is 0.112. The molecule has 1 aromatic rings. The molecule has 1 N–H and O–H groups in total. The molecule has 1 aromatic heterocycles. The van der Waals surface area contributed by atoms with E-state index in [4.69, 9.17) is 5.11 Å². The molecule has 2 rings (SSSR count). The number of pyridine rings is 1. The van der Waals surface area contributed by atoms with E-state index in [-0.39, 0.29) is 23.2 Å². The molecular formula is C13H17N3O4. The molecule has 0 radical (unpaired) electrons. The monoisotopic (exact) mass is 279 g/mol. The highest BCUT2D eigenvalue weighted by atomic mass is 16.6. The Balaban J connectivity index is 2.48. The number of nitro groups is 1. The Morgan fingerprint density at radius 2 is 2.15 bits per heavy atom. The Hall–Kier alpha value is -2.18. The zero-order valence-corrected chi connectivity index (χ0v) is 11.4. The fourth-order valence-corrected chi connectivity index (χ4v) is 2.50. The standard InChI is InChI=1S/C13H17N3O4/c1-8-3-4-9(2)15(7-8)12-11(16(19)20)6-5-10(14-12)13(17)18/h5-6,8-9H,3-4,7H2,1-2H3,(H,17,18). The predicted octanol–water partition coefficient (Wildman–Crippen LogP) is 2.31. The van der Waals surface area contributed by atoms with Crippen LogP contribution in [0.1, 0.15) is 37.2 Å². The van der Waals surface area contributed by atoms with Crippen LogP contribution in [0, 0.1) is 16.0 Å².